The molecule has 1 aliphatic heterocycles. The summed E-state index contributed by atoms with van der Waals surface area (Å²) < 4.78 is 17.7. The lowest BCUT2D eigenvalue weighted by Gasteiger charge is -2.28. The number of hydrogen-bond acceptors (Lipinski definition) is 4. The second-order valence-electron chi connectivity index (χ2n) is 6.97. The van der Waals surface area contributed by atoms with E-state index >= 15 is 0 Å². The van der Waals surface area contributed by atoms with Gasteiger partial charge in [-0.3, -0.25) is 0 Å². The molecule has 0 bridgehead atoms. The van der Waals surface area contributed by atoms with Crippen LogP contribution in [0.25, 0.3) is 0 Å². The lowest BCUT2D eigenvalue weighted by atomic mass is 9.97. The summed E-state index contributed by atoms with van der Waals surface area (Å²) in [6, 6.07) is 5.68. The maximum atomic E-state index is 6.28. The van der Waals surface area contributed by atoms with Crippen molar-refractivity contribution in [3.63, 3.8) is 0 Å². The van der Waals surface area contributed by atoms with E-state index in [0.717, 1.165) is 23.5 Å². The quantitative estimate of drug-likeness (QED) is 0.924. The van der Waals surface area contributed by atoms with Gasteiger partial charge >= 0.3 is 0 Å². The van der Waals surface area contributed by atoms with Crippen molar-refractivity contribution in [1.82, 2.24) is 0 Å². The Balaban J connectivity index is 2.30. The Morgan fingerprint density at radius 3 is 2.43 bits per heavy atom. The maximum absolute atomic E-state index is 6.28. The summed E-state index contributed by atoms with van der Waals surface area (Å²) in [6.45, 7) is 10.3. The van der Waals surface area contributed by atoms with Crippen LogP contribution in [0.4, 0.5) is 0 Å². The van der Waals surface area contributed by atoms with Gasteiger partial charge in [0.2, 0.25) is 0 Å². The molecule has 2 N–H and O–H groups in total. The molecule has 4 heteroatoms. The highest BCUT2D eigenvalue weighted by atomic mass is 16.6. The van der Waals surface area contributed by atoms with Gasteiger partial charge in [0.1, 0.15) is 23.2 Å². The molecule has 1 fully saturated rings. The summed E-state index contributed by atoms with van der Waals surface area (Å²) >= 11 is 0. The molecule has 1 saturated heterocycles. The number of rotatable bonds is 4. The van der Waals surface area contributed by atoms with E-state index in [2.05, 4.69) is 27.7 Å². The Bertz CT molecular complexity index is 509. The van der Waals surface area contributed by atoms with Gasteiger partial charge in [0, 0.05) is 24.1 Å². The van der Waals surface area contributed by atoms with Crippen LogP contribution in [0.3, 0.4) is 0 Å². The van der Waals surface area contributed by atoms with Gasteiger partial charge in [0.25, 0.3) is 0 Å². The van der Waals surface area contributed by atoms with E-state index in [1.165, 1.54) is 0 Å². The van der Waals surface area contributed by atoms with Gasteiger partial charge in [-0.25, -0.2) is 0 Å². The van der Waals surface area contributed by atoms with Gasteiger partial charge < -0.3 is 19.9 Å². The first-order chi connectivity index (χ1) is 9.64. The van der Waals surface area contributed by atoms with Gasteiger partial charge in [-0.15, -0.1) is 0 Å². The lowest BCUT2D eigenvalue weighted by Crippen LogP contribution is -2.37. The minimum Gasteiger partial charge on any atom is -0.497 e. The molecule has 1 aromatic carbocycles. The molecule has 0 amide bonds. The summed E-state index contributed by atoms with van der Waals surface area (Å²) in [7, 11) is 1.65. The summed E-state index contributed by atoms with van der Waals surface area (Å²) in [5.74, 6) is 1.55. The highest BCUT2D eigenvalue weighted by molar-refractivity contribution is 5.42. The van der Waals surface area contributed by atoms with Crippen molar-refractivity contribution in [1.29, 1.82) is 0 Å². The largest absolute Gasteiger partial charge is 0.497 e. The highest BCUT2D eigenvalue weighted by Gasteiger charge is 2.47. The molecule has 2 unspecified atom stereocenters. The molecule has 118 valence electrons. The van der Waals surface area contributed by atoms with Crippen molar-refractivity contribution >= 4 is 0 Å². The Morgan fingerprint density at radius 2 is 1.95 bits per heavy atom. The second-order valence-corrected chi connectivity index (χ2v) is 6.97. The van der Waals surface area contributed by atoms with Crippen LogP contribution < -0.4 is 15.2 Å². The van der Waals surface area contributed by atoms with E-state index in [0.29, 0.717) is 0 Å². The number of methoxy groups -OCH3 is 1. The van der Waals surface area contributed by atoms with E-state index in [4.69, 9.17) is 19.9 Å². The molecule has 1 aromatic rings. The molecule has 0 aliphatic carbocycles. The number of hydrogen-bond donors (Lipinski definition) is 1. The lowest BCUT2D eigenvalue weighted by molar-refractivity contribution is -0.0847. The summed E-state index contributed by atoms with van der Waals surface area (Å²) in [4.78, 5) is 0. The fourth-order valence-electron chi connectivity index (χ4n) is 2.97. The molecule has 4 nitrogen and oxygen atoms in total. The van der Waals surface area contributed by atoms with Crippen LogP contribution in [0.15, 0.2) is 18.2 Å². The first-order valence-corrected chi connectivity index (χ1v) is 7.45. The zero-order chi connectivity index (χ0) is 15.8. The number of benzene rings is 1. The van der Waals surface area contributed by atoms with Crippen molar-refractivity contribution in [3.8, 4) is 11.5 Å². The topological polar surface area (TPSA) is 53.7 Å². The van der Waals surface area contributed by atoms with E-state index in [1.807, 2.05) is 25.1 Å². The Morgan fingerprint density at radius 1 is 1.29 bits per heavy atom. The Labute approximate surface area is 127 Å². The monoisotopic (exact) mass is 293 g/mol. The van der Waals surface area contributed by atoms with E-state index in [-0.39, 0.29) is 23.3 Å². The third kappa shape index (κ3) is 3.50. The Hall–Kier alpha value is -1.26. The zero-order valence-corrected chi connectivity index (χ0v) is 13.9. The zero-order valence-electron chi connectivity index (χ0n) is 13.9. The van der Waals surface area contributed by atoms with Crippen LogP contribution in [0.5, 0.6) is 11.5 Å². The normalized spacial score (nSPS) is 24.6. The molecule has 0 spiro atoms. The first-order valence-electron chi connectivity index (χ1n) is 7.45. The first kappa shape index (κ1) is 16.1. The SMILES string of the molecule is COc1ccc(C(C)N)c(OC2CC(C)(C)OC2(C)C)c1. The van der Waals surface area contributed by atoms with Crippen molar-refractivity contribution in [2.75, 3.05) is 7.11 Å². The molecule has 21 heavy (non-hydrogen) atoms. The van der Waals surface area contributed by atoms with Crippen molar-refractivity contribution in [2.24, 2.45) is 5.73 Å². The van der Waals surface area contributed by atoms with Crippen LogP contribution in [0, 0.1) is 0 Å². The maximum Gasteiger partial charge on any atom is 0.130 e. The average molecular weight is 293 g/mol. The molecule has 0 aromatic heterocycles. The predicted molar refractivity (Wildman–Crippen MR) is 83.9 cm³/mol. The van der Waals surface area contributed by atoms with Crippen molar-refractivity contribution < 1.29 is 14.2 Å². The fourth-order valence-corrected chi connectivity index (χ4v) is 2.97. The molecule has 0 radical (unpaired) electrons. The Kier molecular flexibility index (Phi) is 4.22. The van der Waals surface area contributed by atoms with Gasteiger partial charge in [0.15, 0.2) is 0 Å². The van der Waals surface area contributed by atoms with Crippen LogP contribution in [0.2, 0.25) is 0 Å². The second kappa shape index (κ2) is 5.50. The third-order valence-electron chi connectivity index (χ3n) is 3.97. The molecule has 2 rings (SSSR count). The van der Waals surface area contributed by atoms with Crippen LogP contribution in [0.1, 0.15) is 52.6 Å². The summed E-state index contributed by atoms with van der Waals surface area (Å²) in [5, 5.41) is 0. The van der Waals surface area contributed by atoms with Gasteiger partial charge in [-0.1, -0.05) is 6.07 Å². The minimum atomic E-state index is -0.332. The van der Waals surface area contributed by atoms with Gasteiger partial charge in [0.05, 0.1) is 12.7 Å². The standard InChI is InChI=1S/C17H27NO3/c1-11(18)13-8-7-12(19-6)9-14(13)20-15-10-16(2,3)21-17(15,4)5/h7-9,11,15H,10,18H2,1-6H3. The number of nitrogens with two attached hydrogens (primary N) is 1. The van der Waals surface area contributed by atoms with Crippen molar-refractivity contribution in [2.45, 2.75) is 64.4 Å². The fraction of sp³-hybridized carbons (Fsp3) is 0.647. The predicted octanol–water partition coefficient (Wildman–Crippen LogP) is 3.44. The number of ether oxygens (including phenoxy) is 3. The van der Waals surface area contributed by atoms with E-state index in [1.54, 1.807) is 7.11 Å². The van der Waals surface area contributed by atoms with Gasteiger partial charge in [-0.2, -0.15) is 0 Å². The third-order valence-corrected chi connectivity index (χ3v) is 3.97. The molecule has 2 atom stereocenters. The summed E-state index contributed by atoms with van der Waals surface area (Å²) in [5.41, 5.74) is 6.52. The molecule has 1 heterocycles. The van der Waals surface area contributed by atoms with E-state index < -0.39 is 0 Å². The highest BCUT2D eigenvalue weighted by Crippen LogP contribution is 2.41. The van der Waals surface area contributed by atoms with Gasteiger partial charge in [-0.05, 0) is 40.7 Å². The van der Waals surface area contributed by atoms with E-state index in [9.17, 15) is 0 Å². The molecule has 0 saturated carbocycles. The molecule has 1 aliphatic rings. The summed E-state index contributed by atoms with van der Waals surface area (Å²) in [6.07, 6.45) is 0.826. The molecular formula is C17H27NO3. The smallest absolute Gasteiger partial charge is 0.130 e. The minimum absolute atomic E-state index is 0.0166. The average Bonchev–Trinajstić information content (AvgIpc) is 2.56. The van der Waals surface area contributed by atoms with Crippen LogP contribution in [-0.2, 0) is 4.74 Å². The van der Waals surface area contributed by atoms with Crippen LogP contribution in [-0.4, -0.2) is 24.4 Å². The van der Waals surface area contributed by atoms with Crippen LogP contribution >= 0.6 is 0 Å². The van der Waals surface area contributed by atoms with Crippen molar-refractivity contribution in [3.05, 3.63) is 23.8 Å². The molecular weight excluding hydrogens is 266 g/mol.